The van der Waals surface area contributed by atoms with Crippen molar-refractivity contribution in [3.63, 3.8) is 0 Å². The van der Waals surface area contributed by atoms with E-state index in [1.807, 2.05) is 12.3 Å². The van der Waals surface area contributed by atoms with Crippen LogP contribution >= 0.6 is 15.9 Å². The van der Waals surface area contributed by atoms with Crippen LogP contribution in [-0.2, 0) is 0 Å². The summed E-state index contributed by atoms with van der Waals surface area (Å²) in [5.74, 6) is 1.69. The van der Waals surface area contributed by atoms with Crippen molar-refractivity contribution in [2.45, 2.75) is 19.8 Å². The van der Waals surface area contributed by atoms with E-state index in [4.69, 9.17) is 0 Å². The summed E-state index contributed by atoms with van der Waals surface area (Å²) in [5, 5.41) is 6.85. The van der Waals surface area contributed by atoms with Gasteiger partial charge in [0.05, 0.1) is 4.47 Å². The van der Waals surface area contributed by atoms with Gasteiger partial charge in [-0.2, -0.15) is 0 Å². The second-order valence-corrected chi connectivity index (χ2v) is 5.18. The Hall–Kier alpha value is -0.610. The van der Waals surface area contributed by atoms with Crippen molar-refractivity contribution in [1.29, 1.82) is 0 Å². The zero-order valence-corrected chi connectivity index (χ0v) is 11.2. The summed E-state index contributed by atoms with van der Waals surface area (Å²) in [7, 11) is 0. The van der Waals surface area contributed by atoms with Crippen LogP contribution in [0.25, 0.3) is 0 Å². The number of halogens is 1. The van der Waals surface area contributed by atoms with E-state index in [0.29, 0.717) is 0 Å². The Kier molecular flexibility index (Phi) is 4.18. The molecule has 1 fully saturated rings. The van der Waals surface area contributed by atoms with Gasteiger partial charge in [0.15, 0.2) is 0 Å². The molecule has 1 aliphatic rings. The number of rotatable bonds is 3. The van der Waals surface area contributed by atoms with Gasteiger partial charge in [0.25, 0.3) is 0 Å². The highest BCUT2D eigenvalue weighted by atomic mass is 79.9. The summed E-state index contributed by atoms with van der Waals surface area (Å²) in [6.45, 7) is 5.38. The van der Waals surface area contributed by atoms with Crippen LogP contribution in [0.3, 0.4) is 0 Å². The van der Waals surface area contributed by atoms with E-state index < -0.39 is 0 Å². The molecule has 1 atom stereocenters. The van der Waals surface area contributed by atoms with E-state index in [-0.39, 0.29) is 0 Å². The van der Waals surface area contributed by atoms with Crippen molar-refractivity contribution >= 4 is 21.7 Å². The fourth-order valence-electron chi connectivity index (χ4n) is 2.00. The molecule has 1 aromatic rings. The van der Waals surface area contributed by atoms with E-state index in [1.54, 1.807) is 0 Å². The van der Waals surface area contributed by atoms with Gasteiger partial charge in [-0.25, -0.2) is 4.98 Å². The number of piperidine rings is 1. The molecule has 1 saturated heterocycles. The highest BCUT2D eigenvalue weighted by Gasteiger charge is 2.13. The number of aryl methyl sites for hydroxylation is 1. The maximum atomic E-state index is 4.35. The van der Waals surface area contributed by atoms with E-state index in [0.717, 1.165) is 29.3 Å². The summed E-state index contributed by atoms with van der Waals surface area (Å²) in [6, 6.07) is 2.01. The van der Waals surface area contributed by atoms with Crippen LogP contribution in [0.15, 0.2) is 16.7 Å². The molecule has 16 heavy (non-hydrogen) atoms. The van der Waals surface area contributed by atoms with Crippen molar-refractivity contribution in [2.24, 2.45) is 5.92 Å². The molecule has 1 unspecified atom stereocenters. The molecule has 88 valence electrons. The number of hydrogen-bond acceptors (Lipinski definition) is 3. The molecule has 1 aliphatic heterocycles. The van der Waals surface area contributed by atoms with Crippen molar-refractivity contribution in [2.75, 3.05) is 25.0 Å². The lowest BCUT2D eigenvalue weighted by Gasteiger charge is -2.23. The van der Waals surface area contributed by atoms with E-state index in [1.165, 1.54) is 24.9 Å². The van der Waals surface area contributed by atoms with E-state index in [2.05, 4.69) is 38.5 Å². The van der Waals surface area contributed by atoms with Crippen molar-refractivity contribution in [3.05, 3.63) is 22.3 Å². The van der Waals surface area contributed by atoms with Crippen LogP contribution in [0.2, 0.25) is 0 Å². The maximum absolute atomic E-state index is 4.35. The van der Waals surface area contributed by atoms with Crippen molar-refractivity contribution in [3.8, 4) is 0 Å². The predicted molar refractivity (Wildman–Crippen MR) is 70.8 cm³/mol. The second kappa shape index (κ2) is 5.64. The molecule has 2 heterocycles. The van der Waals surface area contributed by atoms with Gasteiger partial charge in [-0.15, -0.1) is 0 Å². The lowest BCUT2D eigenvalue weighted by Crippen LogP contribution is -2.33. The Balaban J connectivity index is 1.91. The molecule has 2 rings (SSSR count). The van der Waals surface area contributed by atoms with Gasteiger partial charge in [-0.3, -0.25) is 0 Å². The Morgan fingerprint density at radius 1 is 1.62 bits per heavy atom. The van der Waals surface area contributed by atoms with Crippen LogP contribution in [0.4, 0.5) is 5.82 Å². The summed E-state index contributed by atoms with van der Waals surface area (Å²) in [5.41, 5.74) is 1.22. The number of nitrogens with one attached hydrogen (secondary N) is 2. The topological polar surface area (TPSA) is 37.0 Å². The third-order valence-corrected chi connectivity index (χ3v) is 4.04. The summed E-state index contributed by atoms with van der Waals surface area (Å²) in [6.07, 6.45) is 4.44. The van der Waals surface area contributed by atoms with Gasteiger partial charge >= 0.3 is 0 Å². The minimum atomic E-state index is 0.725. The van der Waals surface area contributed by atoms with Crippen molar-refractivity contribution in [1.82, 2.24) is 10.3 Å². The first-order valence-corrected chi connectivity index (χ1v) is 6.62. The summed E-state index contributed by atoms with van der Waals surface area (Å²) < 4.78 is 1.08. The molecule has 4 heteroatoms. The van der Waals surface area contributed by atoms with Crippen LogP contribution in [0.1, 0.15) is 18.4 Å². The van der Waals surface area contributed by atoms with E-state index in [9.17, 15) is 0 Å². The minimum absolute atomic E-state index is 0.725. The average molecular weight is 284 g/mol. The molecule has 0 bridgehead atoms. The molecule has 0 radical (unpaired) electrons. The lowest BCUT2D eigenvalue weighted by molar-refractivity contribution is 0.392. The highest BCUT2D eigenvalue weighted by molar-refractivity contribution is 9.10. The van der Waals surface area contributed by atoms with Gasteiger partial charge < -0.3 is 10.6 Å². The Labute approximate surface area is 105 Å². The number of pyridine rings is 1. The Bertz CT molecular complexity index is 348. The molecule has 0 saturated carbocycles. The molecule has 0 aromatic carbocycles. The summed E-state index contributed by atoms with van der Waals surface area (Å²) >= 11 is 3.56. The molecule has 2 N–H and O–H groups in total. The zero-order chi connectivity index (χ0) is 11.4. The first-order chi connectivity index (χ1) is 7.77. The lowest BCUT2D eigenvalue weighted by atomic mass is 10.00. The third kappa shape index (κ3) is 2.95. The zero-order valence-electron chi connectivity index (χ0n) is 9.59. The number of hydrogen-bond donors (Lipinski definition) is 2. The number of nitrogens with zero attached hydrogens (tertiary/aromatic N) is 1. The van der Waals surface area contributed by atoms with Gasteiger partial charge in [-0.05, 0) is 66.3 Å². The molecule has 3 nitrogen and oxygen atoms in total. The molecule has 0 aliphatic carbocycles. The van der Waals surface area contributed by atoms with Gasteiger partial charge in [0.1, 0.15) is 5.82 Å². The largest absolute Gasteiger partial charge is 0.369 e. The molecular formula is C12H18BrN3. The van der Waals surface area contributed by atoms with Gasteiger partial charge in [0.2, 0.25) is 0 Å². The van der Waals surface area contributed by atoms with Crippen LogP contribution < -0.4 is 10.6 Å². The van der Waals surface area contributed by atoms with E-state index >= 15 is 0 Å². The molecule has 1 aromatic heterocycles. The normalized spacial score (nSPS) is 20.8. The molecular weight excluding hydrogens is 266 g/mol. The number of aromatic nitrogens is 1. The first kappa shape index (κ1) is 11.9. The second-order valence-electron chi connectivity index (χ2n) is 4.38. The van der Waals surface area contributed by atoms with Crippen molar-refractivity contribution < 1.29 is 0 Å². The number of anilines is 1. The molecule has 0 spiro atoms. The minimum Gasteiger partial charge on any atom is -0.369 e. The van der Waals surface area contributed by atoms with Gasteiger partial charge in [0, 0.05) is 12.7 Å². The fourth-order valence-corrected chi connectivity index (χ4v) is 2.38. The van der Waals surface area contributed by atoms with Gasteiger partial charge in [-0.1, -0.05) is 0 Å². The van der Waals surface area contributed by atoms with Crippen LogP contribution in [0.5, 0.6) is 0 Å². The average Bonchev–Trinajstić information content (AvgIpc) is 2.32. The standard InChI is InChI=1S/C12H18BrN3/c1-9-4-6-15-12(11(9)13)16-8-10-3-2-5-14-7-10/h4,6,10,14H,2-3,5,7-8H2,1H3,(H,15,16). The Morgan fingerprint density at radius 3 is 3.25 bits per heavy atom. The highest BCUT2D eigenvalue weighted by Crippen LogP contribution is 2.23. The van der Waals surface area contributed by atoms with Crippen LogP contribution in [0, 0.1) is 12.8 Å². The monoisotopic (exact) mass is 283 g/mol. The SMILES string of the molecule is Cc1ccnc(NCC2CCCNC2)c1Br. The first-order valence-electron chi connectivity index (χ1n) is 5.83. The van der Waals surface area contributed by atoms with Crippen LogP contribution in [-0.4, -0.2) is 24.6 Å². The summed E-state index contributed by atoms with van der Waals surface area (Å²) in [4.78, 5) is 4.35. The quantitative estimate of drug-likeness (QED) is 0.895. The molecule has 0 amide bonds. The Morgan fingerprint density at radius 2 is 2.50 bits per heavy atom. The fraction of sp³-hybridized carbons (Fsp3) is 0.583. The smallest absolute Gasteiger partial charge is 0.140 e. The third-order valence-electron chi connectivity index (χ3n) is 3.04. The predicted octanol–water partition coefficient (Wildman–Crippen LogP) is 2.56. The maximum Gasteiger partial charge on any atom is 0.140 e.